The van der Waals surface area contributed by atoms with E-state index in [1.165, 1.54) is 4.88 Å². The second-order valence-corrected chi connectivity index (χ2v) is 12.4. The van der Waals surface area contributed by atoms with E-state index in [9.17, 15) is 9.59 Å². The molecule has 9 heteroatoms. The van der Waals surface area contributed by atoms with Crippen LogP contribution in [0.4, 0.5) is 10.7 Å². The van der Waals surface area contributed by atoms with Gasteiger partial charge in [-0.15, -0.1) is 11.3 Å². The van der Waals surface area contributed by atoms with Gasteiger partial charge in [0.15, 0.2) is 0 Å². The molecule has 1 atom stereocenters. The van der Waals surface area contributed by atoms with Gasteiger partial charge in [-0.3, -0.25) is 19.4 Å². The number of thiophene rings is 1. The lowest BCUT2D eigenvalue weighted by Gasteiger charge is -2.33. The van der Waals surface area contributed by atoms with E-state index < -0.39 is 0 Å². The van der Waals surface area contributed by atoms with Crippen LogP contribution in [0.3, 0.4) is 0 Å². The molecule has 2 aliphatic rings. The molecule has 2 aromatic rings. The summed E-state index contributed by atoms with van der Waals surface area (Å²) in [6, 6.07) is 7.06. The lowest BCUT2D eigenvalue weighted by atomic mass is 9.72. The van der Waals surface area contributed by atoms with Crippen molar-refractivity contribution in [1.82, 2.24) is 9.80 Å². The van der Waals surface area contributed by atoms with Gasteiger partial charge in [-0.05, 0) is 60.4 Å². The summed E-state index contributed by atoms with van der Waals surface area (Å²) in [5.74, 6) is 0.240. The standard InChI is InChI=1S/C27H37ClN4O3S/c1-27(2,3)18-4-9-21-22(16-18)36-26(24(21)25(35)29-20-7-5-19(28)6-8-20)30-23(34)17-32-12-10-31(11-13-32)14-15-33/h5-8,18,33H,4,9-17H2,1-3H3,(H,29,35)(H,30,34)/t18-/m0/s1. The normalized spacial score (nSPS) is 19.1. The van der Waals surface area contributed by atoms with Crippen LogP contribution in [0.1, 0.15) is 48.0 Å². The molecule has 1 saturated heterocycles. The Hall–Kier alpha value is -1.97. The van der Waals surface area contributed by atoms with Crippen LogP contribution >= 0.6 is 22.9 Å². The van der Waals surface area contributed by atoms with Crippen molar-refractivity contribution in [2.45, 2.75) is 40.0 Å². The fourth-order valence-electron chi connectivity index (χ4n) is 5.06. The summed E-state index contributed by atoms with van der Waals surface area (Å²) in [6.07, 6.45) is 2.78. The van der Waals surface area contributed by atoms with E-state index in [0.717, 1.165) is 51.0 Å². The number of β-amino-alcohol motifs (C(OH)–C–C–N with tert-alkyl or cyclic N) is 1. The van der Waals surface area contributed by atoms with Crippen molar-refractivity contribution in [3.8, 4) is 0 Å². The smallest absolute Gasteiger partial charge is 0.258 e. The molecule has 1 aliphatic heterocycles. The number of carbonyl (C=O) groups is 2. The predicted octanol–water partition coefficient (Wildman–Crippen LogP) is 4.35. The van der Waals surface area contributed by atoms with Crippen LogP contribution in [-0.2, 0) is 17.6 Å². The molecular formula is C27H37ClN4O3S. The van der Waals surface area contributed by atoms with Crippen molar-refractivity contribution in [2.75, 3.05) is 56.5 Å². The van der Waals surface area contributed by atoms with Gasteiger partial charge < -0.3 is 15.7 Å². The molecule has 0 unspecified atom stereocenters. The summed E-state index contributed by atoms with van der Waals surface area (Å²) in [4.78, 5) is 32.1. The predicted molar refractivity (Wildman–Crippen MR) is 147 cm³/mol. The fraction of sp³-hybridized carbons (Fsp3) is 0.556. The third-order valence-electron chi connectivity index (χ3n) is 7.32. The number of amides is 2. The number of hydrogen-bond acceptors (Lipinski definition) is 6. The Labute approximate surface area is 222 Å². The number of anilines is 2. The van der Waals surface area contributed by atoms with Crippen LogP contribution < -0.4 is 10.6 Å². The highest BCUT2D eigenvalue weighted by atomic mass is 35.5. The van der Waals surface area contributed by atoms with E-state index in [1.807, 2.05) is 0 Å². The minimum absolute atomic E-state index is 0.0999. The summed E-state index contributed by atoms with van der Waals surface area (Å²) in [7, 11) is 0. The van der Waals surface area contributed by atoms with Crippen LogP contribution in [0.5, 0.6) is 0 Å². The summed E-state index contributed by atoms with van der Waals surface area (Å²) < 4.78 is 0. The van der Waals surface area contributed by atoms with Crippen LogP contribution in [0.25, 0.3) is 0 Å². The minimum atomic E-state index is -0.197. The topological polar surface area (TPSA) is 84.9 Å². The molecule has 0 spiro atoms. The number of halogens is 1. The fourth-order valence-corrected chi connectivity index (χ4v) is 6.53. The van der Waals surface area contributed by atoms with Crippen LogP contribution in [0.15, 0.2) is 24.3 Å². The van der Waals surface area contributed by atoms with Gasteiger partial charge in [-0.25, -0.2) is 0 Å². The Balaban J connectivity index is 1.51. The summed E-state index contributed by atoms with van der Waals surface area (Å²) in [6.45, 7) is 11.2. The highest BCUT2D eigenvalue weighted by molar-refractivity contribution is 7.17. The molecule has 1 aromatic carbocycles. The molecule has 0 radical (unpaired) electrons. The molecule has 1 aliphatic carbocycles. The van der Waals surface area contributed by atoms with Gasteiger partial charge in [0.05, 0.1) is 18.7 Å². The lowest BCUT2D eigenvalue weighted by Crippen LogP contribution is -2.49. The summed E-state index contributed by atoms with van der Waals surface area (Å²) in [5, 5.41) is 16.5. The zero-order valence-electron chi connectivity index (χ0n) is 21.4. The number of aliphatic hydroxyl groups excluding tert-OH is 1. The SMILES string of the molecule is CC(C)(C)[C@H]1CCc2c(sc(NC(=O)CN3CCN(CCO)CC3)c2C(=O)Nc2ccc(Cl)cc2)C1. The second-order valence-electron chi connectivity index (χ2n) is 10.9. The third kappa shape index (κ3) is 6.66. The van der Waals surface area contributed by atoms with Crippen molar-refractivity contribution in [1.29, 1.82) is 0 Å². The van der Waals surface area contributed by atoms with Crippen molar-refractivity contribution in [2.24, 2.45) is 11.3 Å². The Morgan fingerprint density at radius 2 is 1.75 bits per heavy atom. The third-order valence-corrected chi connectivity index (χ3v) is 8.74. The number of benzene rings is 1. The van der Waals surface area contributed by atoms with E-state index in [1.54, 1.807) is 35.6 Å². The van der Waals surface area contributed by atoms with Crippen molar-refractivity contribution in [3.05, 3.63) is 45.3 Å². The molecule has 1 aromatic heterocycles. The number of nitrogens with zero attached hydrogens (tertiary/aromatic N) is 2. The largest absolute Gasteiger partial charge is 0.395 e. The van der Waals surface area contributed by atoms with Gasteiger partial charge in [-0.1, -0.05) is 32.4 Å². The Kier molecular flexibility index (Phi) is 8.73. The maximum atomic E-state index is 13.5. The Morgan fingerprint density at radius 1 is 1.08 bits per heavy atom. The van der Waals surface area contributed by atoms with E-state index >= 15 is 0 Å². The summed E-state index contributed by atoms with van der Waals surface area (Å²) in [5.41, 5.74) is 2.53. The number of hydrogen-bond donors (Lipinski definition) is 3. The average Bonchev–Trinajstić information content (AvgIpc) is 3.18. The van der Waals surface area contributed by atoms with Gasteiger partial charge >= 0.3 is 0 Å². The molecule has 0 saturated carbocycles. The minimum Gasteiger partial charge on any atom is -0.395 e. The first-order valence-corrected chi connectivity index (χ1v) is 13.9. The Bertz CT molecular complexity index is 1070. The number of rotatable bonds is 7. The molecule has 0 bridgehead atoms. The highest BCUT2D eigenvalue weighted by Gasteiger charge is 2.34. The van der Waals surface area contributed by atoms with E-state index in [2.05, 4.69) is 41.2 Å². The molecule has 3 N–H and O–H groups in total. The maximum absolute atomic E-state index is 13.5. The molecular weight excluding hydrogens is 496 g/mol. The van der Waals surface area contributed by atoms with E-state index in [0.29, 0.717) is 40.3 Å². The lowest BCUT2D eigenvalue weighted by molar-refractivity contribution is -0.117. The molecule has 36 heavy (non-hydrogen) atoms. The number of piperazine rings is 1. The maximum Gasteiger partial charge on any atom is 0.258 e. The molecule has 2 amide bonds. The Morgan fingerprint density at radius 3 is 2.39 bits per heavy atom. The van der Waals surface area contributed by atoms with Crippen LogP contribution in [-0.4, -0.2) is 72.6 Å². The number of fused-ring (bicyclic) bond motifs is 1. The molecule has 7 nitrogen and oxygen atoms in total. The first-order valence-electron chi connectivity index (χ1n) is 12.7. The number of nitrogens with one attached hydrogen (secondary N) is 2. The highest BCUT2D eigenvalue weighted by Crippen LogP contribution is 2.44. The number of carbonyl (C=O) groups excluding carboxylic acids is 2. The molecule has 196 valence electrons. The number of aliphatic hydroxyl groups is 1. The van der Waals surface area contributed by atoms with Crippen LogP contribution in [0.2, 0.25) is 5.02 Å². The quantitative estimate of drug-likeness (QED) is 0.493. The monoisotopic (exact) mass is 532 g/mol. The van der Waals surface area contributed by atoms with Gasteiger partial charge in [0, 0.05) is 48.3 Å². The van der Waals surface area contributed by atoms with Crippen molar-refractivity contribution >= 4 is 45.4 Å². The van der Waals surface area contributed by atoms with Crippen molar-refractivity contribution < 1.29 is 14.7 Å². The van der Waals surface area contributed by atoms with Crippen LogP contribution in [0, 0.1) is 11.3 Å². The van der Waals surface area contributed by atoms with Gasteiger partial charge in [0.2, 0.25) is 5.91 Å². The zero-order chi connectivity index (χ0) is 25.9. The summed E-state index contributed by atoms with van der Waals surface area (Å²) >= 11 is 7.56. The van der Waals surface area contributed by atoms with Crippen molar-refractivity contribution in [3.63, 3.8) is 0 Å². The zero-order valence-corrected chi connectivity index (χ0v) is 23.0. The molecule has 4 rings (SSSR count). The van der Waals surface area contributed by atoms with E-state index in [4.69, 9.17) is 16.7 Å². The average molecular weight is 533 g/mol. The van der Waals surface area contributed by atoms with Gasteiger partial charge in [-0.2, -0.15) is 0 Å². The van der Waals surface area contributed by atoms with Gasteiger partial charge in [0.1, 0.15) is 5.00 Å². The molecule has 1 fully saturated rings. The van der Waals surface area contributed by atoms with Gasteiger partial charge in [0.25, 0.3) is 5.91 Å². The van der Waals surface area contributed by atoms with E-state index in [-0.39, 0.29) is 23.8 Å². The first-order chi connectivity index (χ1) is 17.1. The molecule has 2 heterocycles. The second kappa shape index (κ2) is 11.6. The first kappa shape index (κ1) is 27.1.